The van der Waals surface area contributed by atoms with Crippen LogP contribution in [-0.2, 0) is 5.79 Å². The second-order valence-electron chi connectivity index (χ2n) is 7.63. The fraction of sp³-hybridized carbons (Fsp3) is 0.667. The van der Waals surface area contributed by atoms with E-state index in [9.17, 15) is 8.78 Å². The highest BCUT2D eigenvalue weighted by Gasteiger charge is 2.37. The van der Waals surface area contributed by atoms with Crippen molar-refractivity contribution in [3.63, 3.8) is 0 Å². The lowest BCUT2D eigenvalue weighted by molar-refractivity contribution is 0.0571. The molecule has 1 saturated carbocycles. The van der Waals surface area contributed by atoms with Gasteiger partial charge in [0.1, 0.15) is 6.17 Å². The van der Waals surface area contributed by atoms with Gasteiger partial charge in [0.05, 0.1) is 17.8 Å². The molecule has 1 aromatic rings. The van der Waals surface area contributed by atoms with Crippen molar-refractivity contribution in [2.45, 2.75) is 56.1 Å². The average Bonchev–Trinajstić information content (AvgIpc) is 3.36. The van der Waals surface area contributed by atoms with Crippen LogP contribution < -0.4 is 16.4 Å². The summed E-state index contributed by atoms with van der Waals surface area (Å²) in [5, 5.41) is 9.77. The molecule has 9 heteroatoms. The van der Waals surface area contributed by atoms with Crippen LogP contribution in [0.1, 0.15) is 43.7 Å². The van der Waals surface area contributed by atoms with Gasteiger partial charge in [-0.15, -0.1) is 0 Å². The van der Waals surface area contributed by atoms with Gasteiger partial charge in [-0.05, 0) is 19.3 Å². The van der Waals surface area contributed by atoms with Crippen LogP contribution in [0.3, 0.4) is 0 Å². The van der Waals surface area contributed by atoms with Crippen LogP contribution in [0, 0.1) is 0 Å². The highest BCUT2D eigenvalue weighted by molar-refractivity contribution is 5.96. The molecule has 4 rings (SSSR count). The molecule has 2 fully saturated rings. The first-order valence-electron chi connectivity index (χ1n) is 9.63. The van der Waals surface area contributed by atoms with E-state index in [4.69, 9.17) is 5.73 Å². The summed E-state index contributed by atoms with van der Waals surface area (Å²) in [6.07, 6.45) is 9.05. The van der Waals surface area contributed by atoms with Gasteiger partial charge < -0.3 is 10.6 Å². The van der Waals surface area contributed by atoms with Crippen LogP contribution in [-0.4, -0.2) is 52.9 Å². The van der Waals surface area contributed by atoms with Gasteiger partial charge in [-0.25, -0.2) is 13.8 Å². The molecule has 1 aromatic heterocycles. The van der Waals surface area contributed by atoms with Gasteiger partial charge in [-0.3, -0.25) is 15.3 Å². The smallest absolute Gasteiger partial charge is 0.214 e. The number of likely N-dealkylation sites (tertiary alicyclic amines) is 1. The Balaban J connectivity index is 1.47. The Kier molecular flexibility index (Phi) is 4.90. The molecule has 0 bridgehead atoms. The van der Waals surface area contributed by atoms with E-state index in [1.165, 1.54) is 31.9 Å². The molecule has 0 aromatic carbocycles. The third-order valence-electron chi connectivity index (χ3n) is 5.93. The lowest BCUT2D eigenvalue weighted by Crippen LogP contribution is -2.50. The van der Waals surface area contributed by atoms with E-state index in [0.717, 1.165) is 6.54 Å². The van der Waals surface area contributed by atoms with Crippen LogP contribution >= 0.6 is 0 Å². The molecular formula is C18H27F2N7. The molecule has 3 heterocycles. The fourth-order valence-electron chi connectivity index (χ4n) is 4.36. The molecule has 27 heavy (non-hydrogen) atoms. The molecule has 3 aliphatic rings. The number of alkyl halides is 1. The van der Waals surface area contributed by atoms with Crippen molar-refractivity contribution in [2.24, 2.45) is 10.7 Å². The largest absolute Gasteiger partial charge is 0.371 e. The maximum absolute atomic E-state index is 14.9. The summed E-state index contributed by atoms with van der Waals surface area (Å²) in [5.74, 6) is -1.78. The molecule has 3 atom stereocenters. The normalized spacial score (nSPS) is 32.7. The van der Waals surface area contributed by atoms with Crippen LogP contribution in [0.2, 0.25) is 0 Å². The second-order valence-corrected chi connectivity index (χ2v) is 7.63. The van der Waals surface area contributed by atoms with Gasteiger partial charge in [-0.2, -0.15) is 5.10 Å². The van der Waals surface area contributed by atoms with Gasteiger partial charge in [-0.1, -0.05) is 12.8 Å². The molecule has 0 spiro atoms. The van der Waals surface area contributed by atoms with Gasteiger partial charge in [0.15, 0.2) is 11.7 Å². The third kappa shape index (κ3) is 3.45. The molecule has 148 valence electrons. The number of likely N-dealkylation sites (N-methyl/N-ethyl adjacent to an activating group) is 1. The average molecular weight is 379 g/mol. The minimum absolute atomic E-state index is 0.0669. The molecular weight excluding hydrogens is 352 g/mol. The number of nitrogens with one attached hydrogen (secondary N) is 2. The summed E-state index contributed by atoms with van der Waals surface area (Å²) in [6.45, 7) is 1.33. The number of nitrogens with two attached hydrogens (primary N) is 1. The van der Waals surface area contributed by atoms with Crippen molar-refractivity contribution < 1.29 is 8.78 Å². The lowest BCUT2D eigenvalue weighted by Gasteiger charge is -2.38. The zero-order valence-corrected chi connectivity index (χ0v) is 15.5. The van der Waals surface area contributed by atoms with E-state index in [1.807, 2.05) is 0 Å². The highest BCUT2D eigenvalue weighted by atomic mass is 19.1. The van der Waals surface area contributed by atoms with Gasteiger partial charge in [0.25, 0.3) is 0 Å². The first-order chi connectivity index (χ1) is 13.0. The van der Waals surface area contributed by atoms with Crippen molar-refractivity contribution in [3.05, 3.63) is 30.0 Å². The van der Waals surface area contributed by atoms with Crippen LogP contribution in [0.5, 0.6) is 0 Å². The maximum atomic E-state index is 14.9. The first kappa shape index (κ1) is 18.4. The van der Waals surface area contributed by atoms with Gasteiger partial charge in [0.2, 0.25) is 5.79 Å². The first-order valence-corrected chi connectivity index (χ1v) is 9.63. The van der Waals surface area contributed by atoms with E-state index in [1.54, 1.807) is 24.1 Å². The monoisotopic (exact) mass is 379 g/mol. The molecule has 1 unspecified atom stereocenters. The second kappa shape index (κ2) is 7.20. The predicted octanol–water partition coefficient (Wildman–Crippen LogP) is 1.51. The summed E-state index contributed by atoms with van der Waals surface area (Å²) in [7, 11) is 1.58. The van der Waals surface area contributed by atoms with E-state index in [2.05, 4.69) is 25.6 Å². The van der Waals surface area contributed by atoms with Crippen molar-refractivity contribution >= 4 is 5.84 Å². The summed E-state index contributed by atoms with van der Waals surface area (Å²) in [6, 6.07) is 0.218. The Morgan fingerprint density at radius 3 is 2.81 bits per heavy atom. The molecule has 1 aliphatic carbocycles. The summed E-state index contributed by atoms with van der Waals surface area (Å²) in [4.78, 5) is 6.49. The number of halogens is 2. The number of rotatable bonds is 3. The topological polar surface area (TPSA) is 83.5 Å². The van der Waals surface area contributed by atoms with E-state index in [-0.39, 0.29) is 11.9 Å². The number of hydrogen-bond donors (Lipinski definition) is 3. The summed E-state index contributed by atoms with van der Waals surface area (Å²) < 4.78 is 30.2. The van der Waals surface area contributed by atoms with E-state index >= 15 is 0 Å². The molecule has 7 nitrogen and oxygen atoms in total. The number of aliphatic imine (C=N–C) groups is 1. The van der Waals surface area contributed by atoms with Gasteiger partial charge in [0, 0.05) is 38.6 Å². The van der Waals surface area contributed by atoms with Crippen LogP contribution in [0.15, 0.2) is 29.4 Å². The SMILES string of the molecule is CNC1=NC(N)(c2cnn([C@@H]3CCN(C4CCCC4)C[C@H]3F)c2)NC=C1F. The minimum Gasteiger partial charge on any atom is -0.371 e. The quantitative estimate of drug-likeness (QED) is 0.742. The minimum atomic E-state index is -1.33. The van der Waals surface area contributed by atoms with Crippen molar-refractivity contribution in [1.29, 1.82) is 0 Å². The van der Waals surface area contributed by atoms with E-state index < -0.39 is 17.8 Å². The predicted molar refractivity (Wildman–Crippen MR) is 99.3 cm³/mol. The zero-order chi connectivity index (χ0) is 19.0. The number of piperidine rings is 1. The summed E-state index contributed by atoms with van der Waals surface area (Å²) >= 11 is 0. The van der Waals surface area contributed by atoms with Crippen LogP contribution in [0.25, 0.3) is 0 Å². The lowest BCUT2D eigenvalue weighted by atomic mass is 10.0. The number of amidine groups is 1. The molecule has 1 saturated heterocycles. The number of nitrogens with zero attached hydrogens (tertiary/aromatic N) is 4. The Morgan fingerprint density at radius 2 is 2.11 bits per heavy atom. The van der Waals surface area contributed by atoms with Crippen molar-refractivity contribution in [1.82, 2.24) is 25.3 Å². The Hall–Kier alpha value is -2.00. The van der Waals surface area contributed by atoms with Gasteiger partial charge >= 0.3 is 0 Å². The zero-order valence-electron chi connectivity index (χ0n) is 15.5. The van der Waals surface area contributed by atoms with E-state index in [0.29, 0.717) is 24.6 Å². The summed E-state index contributed by atoms with van der Waals surface area (Å²) in [5.41, 5.74) is 6.85. The third-order valence-corrected chi connectivity index (χ3v) is 5.93. The van der Waals surface area contributed by atoms with Crippen molar-refractivity contribution in [3.8, 4) is 0 Å². The Bertz CT molecular complexity index is 740. The number of aromatic nitrogens is 2. The standard InChI is InChI=1S/C18H27F2N7/c1-22-17-14(19)9-23-18(21,25-17)12-8-24-27(10-12)16-6-7-26(11-15(16)20)13-4-2-3-5-13/h8-10,13,15-16,23H,2-7,11,21H2,1H3,(H,22,25)/t15-,16-,18?/m1/s1. The van der Waals surface area contributed by atoms with Crippen molar-refractivity contribution in [2.75, 3.05) is 20.1 Å². The molecule has 2 aliphatic heterocycles. The highest BCUT2D eigenvalue weighted by Crippen LogP contribution is 2.32. The Labute approximate surface area is 157 Å². The van der Waals surface area contributed by atoms with Crippen LogP contribution in [0.4, 0.5) is 8.78 Å². The molecule has 0 amide bonds. The Morgan fingerprint density at radius 1 is 1.33 bits per heavy atom. The number of hydrogen-bond acceptors (Lipinski definition) is 6. The fourth-order valence-corrected chi connectivity index (χ4v) is 4.36. The maximum Gasteiger partial charge on any atom is 0.214 e. The molecule has 0 radical (unpaired) electrons. The molecule has 4 N–H and O–H groups in total.